The van der Waals surface area contributed by atoms with Crippen LogP contribution >= 0.6 is 23.2 Å². The number of nitrogens with zero attached hydrogens (tertiary/aromatic N) is 2. The zero-order chi connectivity index (χ0) is 22.2. The second-order valence-corrected chi connectivity index (χ2v) is 8.90. The van der Waals surface area contributed by atoms with Crippen LogP contribution in [0.2, 0.25) is 10.0 Å². The van der Waals surface area contributed by atoms with Crippen molar-refractivity contribution in [3.05, 3.63) is 21.8 Å². The van der Waals surface area contributed by atoms with Crippen molar-refractivity contribution in [1.82, 2.24) is 9.88 Å². The average molecular weight is 469 g/mol. The van der Waals surface area contributed by atoms with Crippen molar-refractivity contribution in [2.24, 2.45) is 17.8 Å². The summed E-state index contributed by atoms with van der Waals surface area (Å²) in [6.45, 7) is 2.20. The monoisotopic (exact) mass is 468 g/mol. The minimum absolute atomic E-state index is 0.0487. The van der Waals surface area contributed by atoms with Crippen LogP contribution in [0.25, 0.3) is 0 Å². The van der Waals surface area contributed by atoms with E-state index in [9.17, 15) is 23.1 Å². The highest BCUT2D eigenvalue weighted by Crippen LogP contribution is 2.47. The van der Waals surface area contributed by atoms with Crippen LogP contribution in [-0.2, 0) is 11.2 Å². The lowest BCUT2D eigenvalue weighted by atomic mass is 9.64. The van der Waals surface area contributed by atoms with Gasteiger partial charge in [-0.1, -0.05) is 29.6 Å². The van der Waals surface area contributed by atoms with E-state index in [1.165, 1.54) is 13.3 Å². The number of hydrogen-bond acceptors (Lipinski definition) is 4. The van der Waals surface area contributed by atoms with Gasteiger partial charge in [-0.2, -0.15) is 13.2 Å². The second kappa shape index (κ2) is 9.09. The lowest BCUT2D eigenvalue weighted by Crippen LogP contribution is -2.55. The van der Waals surface area contributed by atoms with Crippen molar-refractivity contribution >= 4 is 29.1 Å². The second-order valence-electron chi connectivity index (χ2n) is 8.11. The van der Waals surface area contributed by atoms with E-state index in [4.69, 9.17) is 27.9 Å². The highest BCUT2D eigenvalue weighted by molar-refractivity contribution is 6.36. The number of amides is 1. The van der Waals surface area contributed by atoms with Gasteiger partial charge in [0.25, 0.3) is 0 Å². The predicted octanol–water partition coefficient (Wildman–Crippen LogP) is 4.52. The average Bonchev–Trinajstić information content (AvgIpc) is 2.70. The molecule has 1 aromatic rings. The van der Waals surface area contributed by atoms with E-state index in [0.717, 1.165) is 6.42 Å². The third kappa shape index (κ3) is 4.50. The van der Waals surface area contributed by atoms with Crippen molar-refractivity contribution in [3.63, 3.8) is 0 Å². The van der Waals surface area contributed by atoms with Gasteiger partial charge in [0.15, 0.2) is 6.10 Å². The highest BCUT2D eigenvalue weighted by atomic mass is 35.5. The molecule has 5 nitrogen and oxygen atoms in total. The minimum Gasteiger partial charge on any atom is -0.480 e. The van der Waals surface area contributed by atoms with Gasteiger partial charge in [0, 0.05) is 24.3 Å². The summed E-state index contributed by atoms with van der Waals surface area (Å²) in [5, 5.41) is 10.3. The first-order chi connectivity index (χ1) is 14.1. The van der Waals surface area contributed by atoms with E-state index in [1.807, 2.05) is 6.92 Å². The summed E-state index contributed by atoms with van der Waals surface area (Å²) in [4.78, 5) is 18.7. The Labute approximate surface area is 183 Å². The smallest absolute Gasteiger partial charge is 0.414 e. The van der Waals surface area contributed by atoms with Gasteiger partial charge >= 0.3 is 6.18 Å². The van der Waals surface area contributed by atoms with E-state index in [1.54, 1.807) is 4.90 Å². The summed E-state index contributed by atoms with van der Waals surface area (Å²) in [6.07, 6.45) is -3.50. The predicted molar refractivity (Wildman–Crippen MR) is 107 cm³/mol. The molecule has 10 heteroatoms. The number of rotatable bonds is 4. The third-order valence-corrected chi connectivity index (χ3v) is 7.32. The molecule has 1 unspecified atom stereocenters. The van der Waals surface area contributed by atoms with Crippen LogP contribution in [0.4, 0.5) is 13.2 Å². The topological polar surface area (TPSA) is 62.7 Å². The number of pyridine rings is 1. The summed E-state index contributed by atoms with van der Waals surface area (Å²) < 4.78 is 44.4. The van der Waals surface area contributed by atoms with E-state index in [-0.39, 0.29) is 46.1 Å². The fourth-order valence-corrected chi connectivity index (χ4v) is 5.67. The highest BCUT2D eigenvalue weighted by Gasteiger charge is 2.51. The number of aliphatic hydroxyl groups is 1. The quantitative estimate of drug-likeness (QED) is 0.705. The Balaban J connectivity index is 1.76. The standard InChI is InChI=1S/C20H25Cl2F3N2O3/c1-10-11-4-3-5-13(18(29)20(23,24)25)12(11)6-7-27(10)16(28)8-14-15(21)9-26-19(30-2)17(14)22/h9-13,18,29H,3-8H2,1-2H3/t10-,11+,12+,13+,18?/m0/s1. The van der Waals surface area contributed by atoms with Crippen molar-refractivity contribution < 1.29 is 27.8 Å². The van der Waals surface area contributed by atoms with Crippen LogP contribution < -0.4 is 4.74 Å². The van der Waals surface area contributed by atoms with Gasteiger partial charge in [0.05, 0.1) is 18.6 Å². The first-order valence-electron chi connectivity index (χ1n) is 9.97. The Morgan fingerprint density at radius 3 is 2.67 bits per heavy atom. The maximum absolute atomic E-state index is 13.1. The zero-order valence-corrected chi connectivity index (χ0v) is 18.3. The van der Waals surface area contributed by atoms with Crippen molar-refractivity contribution in [2.75, 3.05) is 13.7 Å². The van der Waals surface area contributed by atoms with Gasteiger partial charge < -0.3 is 14.7 Å². The van der Waals surface area contributed by atoms with Gasteiger partial charge in [-0.15, -0.1) is 0 Å². The van der Waals surface area contributed by atoms with Crippen LogP contribution in [0.15, 0.2) is 6.20 Å². The molecular weight excluding hydrogens is 444 g/mol. The lowest BCUT2D eigenvalue weighted by molar-refractivity contribution is -0.233. The van der Waals surface area contributed by atoms with Crippen molar-refractivity contribution in [2.45, 2.75) is 57.3 Å². The van der Waals surface area contributed by atoms with Gasteiger partial charge in [-0.25, -0.2) is 4.98 Å². The molecule has 30 heavy (non-hydrogen) atoms. The zero-order valence-electron chi connectivity index (χ0n) is 16.8. The van der Waals surface area contributed by atoms with Gasteiger partial charge in [-0.3, -0.25) is 4.79 Å². The van der Waals surface area contributed by atoms with Gasteiger partial charge in [0.2, 0.25) is 11.8 Å². The Kier molecular flexibility index (Phi) is 7.09. The molecular formula is C20H25Cl2F3N2O3. The lowest BCUT2D eigenvalue weighted by Gasteiger charge is -2.50. The molecule has 3 rings (SSSR count). The fraction of sp³-hybridized carbons (Fsp3) is 0.700. The Bertz CT molecular complexity index is 793. The first kappa shape index (κ1) is 23.4. The van der Waals surface area contributed by atoms with Gasteiger partial charge in [-0.05, 0) is 43.9 Å². The van der Waals surface area contributed by atoms with Crippen molar-refractivity contribution in [3.8, 4) is 5.88 Å². The maximum Gasteiger partial charge on any atom is 0.414 e. The maximum atomic E-state index is 13.1. The molecule has 0 bridgehead atoms. The molecule has 1 aliphatic carbocycles. The normalized spacial score (nSPS) is 28.1. The number of fused-ring (bicyclic) bond motifs is 1. The van der Waals surface area contributed by atoms with Crippen LogP contribution in [0.3, 0.4) is 0 Å². The molecule has 168 valence electrons. The summed E-state index contributed by atoms with van der Waals surface area (Å²) in [6, 6.07) is -0.235. The number of piperidine rings is 1. The largest absolute Gasteiger partial charge is 0.480 e. The number of aromatic nitrogens is 1. The number of alkyl halides is 3. The first-order valence-corrected chi connectivity index (χ1v) is 10.7. The molecule has 0 radical (unpaired) electrons. The third-order valence-electron chi connectivity index (χ3n) is 6.61. The molecule has 1 amide bonds. The summed E-state index contributed by atoms with van der Waals surface area (Å²) >= 11 is 12.4. The fourth-order valence-electron chi connectivity index (χ4n) is 5.11. The summed E-state index contributed by atoms with van der Waals surface area (Å²) in [7, 11) is 1.41. The molecule has 1 aromatic heterocycles. The summed E-state index contributed by atoms with van der Waals surface area (Å²) in [5.74, 6) is -1.20. The van der Waals surface area contributed by atoms with Crippen LogP contribution in [0, 0.1) is 17.8 Å². The molecule has 0 spiro atoms. The Morgan fingerprint density at radius 1 is 1.33 bits per heavy atom. The Morgan fingerprint density at radius 2 is 2.03 bits per heavy atom. The summed E-state index contributed by atoms with van der Waals surface area (Å²) in [5.41, 5.74) is 0.415. The number of methoxy groups -OCH3 is 1. The number of carbonyl (C=O) groups excluding carboxylic acids is 1. The molecule has 1 saturated carbocycles. The number of likely N-dealkylation sites (tertiary alicyclic amines) is 1. The van der Waals surface area contributed by atoms with E-state index < -0.39 is 18.2 Å². The number of halogens is 5. The van der Waals surface area contributed by atoms with E-state index in [0.29, 0.717) is 31.4 Å². The molecule has 1 saturated heterocycles. The molecule has 5 atom stereocenters. The molecule has 2 aliphatic rings. The molecule has 2 fully saturated rings. The number of carbonyl (C=O) groups is 1. The van der Waals surface area contributed by atoms with E-state index in [2.05, 4.69) is 4.98 Å². The van der Waals surface area contributed by atoms with Crippen molar-refractivity contribution in [1.29, 1.82) is 0 Å². The number of hydrogen-bond donors (Lipinski definition) is 1. The van der Waals surface area contributed by atoms with Crippen LogP contribution in [0.1, 0.15) is 38.2 Å². The Hall–Kier alpha value is -1.25. The van der Waals surface area contributed by atoms with E-state index >= 15 is 0 Å². The van der Waals surface area contributed by atoms with Crippen LogP contribution in [0.5, 0.6) is 5.88 Å². The molecule has 1 N–H and O–H groups in total. The van der Waals surface area contributed by atoms with Gasteiger partial charge in [0.1, 0.15) is 5.02 Å². The van der Waals surface area contributed by atoms with Crippen LogP contribution in [-0.4, -0.2) is 52.9 Å². The number of aliphatic hydroxyl groups excluding tert-OH is 1. The molecule has 1 aliphatic heterocycles. The number of ether oxygens (including phenoxy) is 1. The minimum atomic E-state index is -4.63. The molecule has 0 aromatic carbocycles. The SMILES string of the molecule is COc1ncc(Cl)c(CC(=O)N2CC[C@@H]3[C@H](CCC[C@H]3C(O)C(F)(F)F)[C@@H]2C)c1Cl. The molecule has 2 heterocycles.